The summed E-state index contributed by atoms with van der Waals surface area (Å²) in [5.74, 6) is 0.0968. The molecule has 1 aromatic carbocycles. The summed E-state index contributed by atoms with van der Waals surface area (Å²) < 4.78 is 1.78. The molecule has 0 unspecified atom stereocenters. The van der Waals surface area contributed by atoms with E-state index >= 15 is 0 Å². The predicted molar refractivity (Wildman–Crippen MR) is 96.2 cm³/mol. The van der Waals surface area contributed by atoms with Crippen molar-refractivity contribution >= 4 is 16.8 Å². The summed E-state index contributed by atoms with van der Waals surface area (Å²) in [5, 5.41) is 19.0. The van der Waals surface area contributed by atoms with Crippen LogP contribution in [0.5, 0.6) is 0 Å². The summed E-state index contributed by atoms with van der Waals surface area (Å²) in [5.41, 5.74) is 2.12. The number of pyridine rings is 1. The highest BCUT2D eigenvalue weighted by molar-refractivity contribution is 5.82. The van der Waals surface area contributed by atoms with Gasteiger partial charge in [-0.15, -0.1) is 10.2 Å². The van der Waals surface area contributed by atoms with E-state index in [1.54, 1.807) is 28.3 Å². The lowest BCUT2D eigenvalue weighted by molar-refractivity contribution is -0.130. The van der Waals surface area contributed by atoms with Gasteiger partial charge in [-0.05, 0) is 24.1 Å². The van der Waals surface area contributed by atoms with E-state index in [2.05, 4.69) is 21.2 Å². The number of carbonyl (C=O) groups is 1. The molecule has 0 aliphatic carbocycles. The van der Waals surface area contributed by atoms with E-state index in [0.29, 0.717) is 26.1 Å². The molecule has 1 amide bonds. The normalized spacial score (nSPS) is 20.0. The van der Waals surface area contributed by atoms with E-state index in [4.69, 9.17) is 0 Å². The second-order valence-corrected chi connectivity index (χ2v) is 6.77. The van der Waals surface area contributed by atoms with E-state index in [1.165, 1.54) is 5.56 Å². The number of fused-ring (bicyclic) bond motifs is 1. The number of aliphatic hydroxyl groups is 1. The van der Waals surface area contributed by atoms with Gasteiger partial charge in [-0.2, -0.15) is 0 Å². The first-order chi connectivity index (χ1) is 12.7. The molecule has 2 aromatic heterocycles. The molecule has 0 bridgehead atoms. The number of nitrogens with zero attached hydrogens (tertiary/aromatic N) is 5. The molecule has 0 radical (unpaired) electrons. The average molecular weight is 351 g/mol. The van der Waals surface area contributed by atoms with Crippen LogP contribution in [0.2, 0.25) is 0 Å². The first kappa shape index (κ1) is 16.7. The first-order valence-corrected chi connectivity index (χ1v) is 8.81. The molecule has 1 fully saturated rings. The number of hydrogen-bond donors (Lipinski definition) is 1. The van der Waals surface area contributed by atoms with Crippen molar-refractivity contribution in [2.24, 2.45) is 5.92 Å². The van der Waals surface area contributed by atoms with E-state index in [9.17, 15) is 9.90 Å². The van der Waals surface area contributed by atoms with Gasteiger partial charge in [-0.3, -0.25) is 9.78 Å². The second-order valence-electron chi connectivity index (χ2n) is 6.77. The van der Waals surface area contributed by atoms with Crippen molar-refractivity contribution in [2.75, 3.05) is 13.1 Å². The summed E-state index contributed by atoms with van der Waals surface area (Å²) in [6.07, 6.45) is 5.63. The smallest absolute Gasteiger partial charge is 0.224 e. The van der Waals surface area contributed by atoms with E-state index in [0.717, 1.165) is 17.3 Å². The van der Waals surface area contributed by atoms with Gasteiger partial charge in [0.15, 0.2) is 0 Å². The summed E-state index contributed by atoms with van der Waals surface area (Å²) in [4.78, 5) is 18.6. The number of hydrogen-bond acceptors (Lipinski definition) is 5. The minimum absolute atomic E-state index is 0.0414. The zero-order valence-corrected chi connectivity index (χ0v) is 14.4. The number of para-hydroxylation sites is 1. The lowest BCUT2D eigenvalue weighted by atomic mass is 9.94. The van der Waals surface area contributed by atoms with Crippen LogP contribution in [0.3, 0.4) is 0 Å². The highest BCUT2D eigenvalue weighted by Crippen LogP contribution is 2.25. The fourth-order valence-corrected chi connectivity index (χ4v) is 3.59. The van der Waals surface area contributed by atoms with Gasteiger partial charge in [-0.1, -0.05) is 18.2 Å². The third-order valence-electron chi connectivity index (χ3n) is 5.03. The Hall–Kier alpha value is -2.80. The zero-order chi connectivity index (χ0) is 17.9. The Kier molecular flexibility index (Phi) is 4.62. The summed E-state index contributed by atoms with van der Waals surface area (Å²) in [6, 6.07) is 10.0. The third-order valence-corrected chi connectivity index (χ3v) is 5.03. The molecule has 134 valence electrons. The van der Waals surface area contributed by atoms with Crippen LogP contribution in [0.15, 0.2) is 49.2 Å². The number of aliphatic hydroxyl groups excluding tert-OH is 1. The molecule has 0 saturated carbocycles. The van der Waals surface area contributed by atoms with Gasteiger partial charge in [-0.25, -0.2) is 0 Å². The maximum absolute atomic E-state index is 12.4. The molecular weight excluding hydrogens is 330 g/mol. The Morgan fingerprint density at radius 3 is 2.81 bits per heavy atom. The predicted octanol–water partition coefficient (Wildman–Crippen LogP) is 1.28. The van der Waals surface area contributed by atoms with Gasteiger partial charge in [0.2, 0.25) is 5.91 Å². The van der Waals surface area contributed by atoms with Crippen molar-refractivity contribution in [3.05, 3.63) is 54.7 Å². The van der Waals surface area contributed by atoms with Gasteiger partial charge in [0.05, 0.1) is 11.6 Å². The molecule has 1 saturated heterocycles. The number of carbonyl (C=O) groups excluding carboxylic acids is 1. The van der Waals surface area contributed by atoms with Crippen molar-refractivity contribution < 1.29 is 9.90 Å². The molecule has 7 heteroatoms. The number of amides is 1. The number of β-amino-alcohol motifs (C(OH)–C–C–N with tert-alkyl or cyclic N) is 1. The highest BCUT2D eigenvalue weighted by atomic mass is 16.3. The Bertz CT molecular complexity index is 891. The average Bonchev–Trinajstić information content (AvgIpc) is 3.30. The Morgan fingerprint density at radius 2 is 1.96 bits per heavy atom. The standard InChI is InChI=1S/C19H21N5O2/c25-18-11-24(19(26)6-8-23-12-21-22-13-23)10-15(18)9-14-5-7-20-17-4-2-1-3-16(14)17/h1-5,7,12-13,15,18,25H,6,8-11H2/t15-,18+/m1/s1. The van der Waals surface area contributed by atoms with Crippen LogP contribution in [0, 0.1) is 5.92 Å². The SMILES string of the molecule is O=C(CCn1cnnc1)N1C[C@@H](Cc2ccnc3ccccc23)[C@@H](O)C1. The van der Waals surface area contributed by atoms with Crippen LogP contribution in [0.25, 0.3) is 10.9 Å². The quantitative estimate of drug-likeness (QED) is 0.748. The van der Waals surface area contributed by atoms with Crippen molar-refractivity contribution in [3.63, 3.8) is 0 Å². The van der Waals surface area contributed by atoms with Crippen molar-refractivity contribution in [2.45, 2.75) is 25.5 Å². The number of benzene rings is 1. The van der Waals surface area contributed by atoms with Crippen molar-refractivity contribution in [1.29, 1.82) is 0 Å². The molecule has 1 aliphatic rings. The minimum Gasteiger partial charge on any atom is -0.391 e. The van der Waals surface area contributed by atoms with Crippen LogP contribution in [-0.4, -0.2) is 54.9 Å². The van der Waals surface area contributed by atoms with Crippen LogP contribution >= 0.6 is 0 Å². The van der Waals surface area contributed by atoms with Gasteiger partial charge >= 0.3 is 0 Å². The number of aryl methyl sites for hydroxylation is 1. The molecule has 26 heavy (non-hydrogen) atoms. The first-order valence-electron chi connectivity index (χ1n) is 8.81. The fourth-order valence-electron chi connectivity index (χ4n) is 3.59. The molecule has 2 atom stereocenters. The van der Waals surface area contributed by atoms with Crippen LogP contribution in [0.4, 0.5) is 0 Å². The van der Waals surface area contributed by atoms with Gasteiger partial charge in [0.1, 0.15) is 12.7 Å². The zero-order valence-electron chi connectivity index (χ0n) is 14.4. The van der Waals surface area contributed by atoms with Crippen molar-refractivity contribution in [1.82, 2.24) is 24.6 Å². The number of likely N-dealkylation sites (tertiary alicyclic amines) is 1. The monoisotopic (exact) mass is 351 g/mol. The minimum atomic E-state index is -0.499. The van der Waals surface area contributed by atoms with E-state index in [-0.39, 0.29) is 11.8 Å². The molecule has 1 N–H and O–H groups in total. The molecular formula is C19H21N5O2. The second kappa shape index (κ2) is 7.21. The van der Waals surface area contributed by atoms with E-state index in [1.807, 2.05) is 24.3 Å². The lowest BCUT2D eigenvalue weighted by Gasteiger charge is -2.16. The summed E-state index contributed by atoms with van der Waals surface area (Å²) in [7, 11) is 0. The Morgan fingerprint density at radius 1 is 1.15 bits per heavy atom. The van der Waals surface area contributed by atoms with Gasteiger partial charge in [0, 0.05) is 43.6 Å². The molecule has 7 nitrogen and oxygen atoms in total. The van der Waals surface area contributed by atoms with Crippen LogP contribution in [0.1, 0.15) is 12.0 Å². The summed E-state index contributed by atoms with van der Waals surface area (Å²) in [6.45, 7) is 1.53. The lowest BCUT2D eigenvalue weighted by Crippen LogP contribution is -2.30. The molecule has 0 spiro atoms. The van der Waals surface area contributed by atoms with Crippen molar-refractivity contribution in [3.8, 4) is 0 Å². The fraction of sp³-hybridized carbons (Fsp3) is 0.368. The Balaban J connectivity index is 1.41. The largest absolute Gasteiger partial charge is 0.391 e. The third kappa shape index (κ3) is 3.43. The topological polar surface area (TPSA) is 84.1 Å². The highest BCUT2D eigenvalue weighted by Gasteiger charge is 2.33. The summed E-state index contributed by atoms with van der Waals surface area (Å²) >= 11 is 0. The molecule has 4 rings (SSSR count). The van der Waals surface area contributed by atoms with Crippen LogP contribution < -0.4 is 0 Å². The molecule has 3 aromatic rings. The number of aromatic nitrogens is 4. The van der Waals surface area contributed by atoms with E-state index < -0.39 is 6.10 Å². The van der Waals surface area contributed by atoms with Gasteiger partial charge in [0.25, 0.3) is 0 Å². The van der Waals surface area contributed by atoms with Gasteiger partial charge < -0.3 is 14.6 Å². The molecule has 3 heterocycles. The Labute approximate surface area is 151 Å². The van der Waals surface area contributed by atoms with Crippen LogP contribution in [-0.2, 0) is 17.8 Å². The number of rotatable bonds is 5. The molecule has 1 aliphatic heterocycles. The maximum Gasteiger partial charge on any atom is 0.224 e. The maximum atomic E-state index is 12.4.